The first-order chi connectivity index (χ1) is 21.2. The molecule has 2 atom stereocenters. The maximum Gasteiger partial charge on any atom is 0.337 e. The summed E-state index contributed by atoms with van der Waals surface area (Å²) in [4.78, 5) is 24.6. The summed E-state index contributed by atoms with van der Waals surface area (Å²) in [6, 6.07) is 15.3. The van der Waals surface area contributed by atoms with Gasteiger partial charge in [0.15, 0.2) is 17.7 Å². The standard InChI is InChI=1S/C31H32BrFN4O7/c1-4-42-26-14-21(29-28(30(39)41-3)18(2)35-31(40)36-29)9-11-25(26)44-17-27(38)37-34-15-19-8-10-24(23(32)13-19)43-16-20-6-5-7-22(33)12-20/h5-15,27,29,37-38H,4,16-17H2,1-3H3,(H2,35,36,40)/b34-15-/t27-,29-/m0/s1. The number of urea groups is 1. The third-order valence-corrected chi connectivity index (χ3v) is 6.97. The van der Waals surface area contributed by atoms with Crippen LogP contribution in [0.15, 0.2) is 81.5 Å². The van der Waals surface area contributed by atoms with Crippen molar-refractivity contribution in [3.63, 3.8) is 0 Å². The van der Waals surface area contributed by atoms with Crippen LogP contribution < -0.4 is 30.3 Å². The van der Waals surface area contributed by atoms with Gasteiger partial charge in [0.25, 0.3) is 0 Å². The van der Waals surface area contributed by atoms with Gasteiger partial charge in [-0.3, -0.25) is 5.43 Å². The number of nitrogens with one attached hydrogen (secondary N) is 3. The molecule has 4 N–H and O–H groups in total. The molecule has 232 valence electrons. The highest BCUT2D eigenvalue weighted by Crippen LogP contribution is 2.35. The van der Waals surface area contributed by atoms with E-state index < -0.39 is 24.3 Å². The zero-order valence-corrected chi connectivity index (χ0v) is 25.8. The van der Waals surface area contributed by atoms with Crippen LogP contribution in [0, 0.1) is 5.82 Å². The molecule has 4 rings (SSSR count). The Kier molecular flexibility index (Phi) is 11.2. The number of aliphatic hydroxyl groups excluding tert-OH is 1. The predicted octanol–water partition coefficient (Wildman–Crippen LogP) is 4.69. The second-order valence-corrected chi connectivity index (χ2v) is 10.4. The summed E-state index contributed by atoms with van der Waals surface area (Å²) in [6.07, 6.45) is 0.366. The summed E-state index contributed by atoms with van der Waals surface area (Å²) in [6.45, 7) is 3.80. The Morgan fingerprint density at radius 3 is 2.64 bits per heavy atom. The van der Waals surface area contributed by atoms with Crippen molar-refractivity contribution in [1.29, 1.82) is 0 Å². The molecule has 0 spiro atoms. The number of amides is 2. The van der Waals surface area contributed by atoms with Crippen molar-refractivity contribution >= 4 is 34.1 Å². The number of allylic oxidation sites excluding steroid dienone is 1. The molecule has 0 saturated carbocycles. The number of carbonyl (C=O) groups excluding carboxylic acids is 2. The van der Waals surface area contributed by atoms with E-state index in [1.54, 1.807) is 62.4 Å². The highest BCUT2D eigenvalue weighted by Gasteiger charge is 2.32. The molecule has 44 heavy (non-hydrogen) atoms. The first-order valence-corrected chi connectivity index (χ1v) is 14.4. The van der Waals surface area contributed by atoms with Crippen molar-refractivity contribution in [3.05, 3.63) is 98.9 Å². The van der Waals surface area contributed by atoms with Crippen molar-refractivity contribution in [2.75, 3.05) is 20.3 Å². The van der Waals surface area contributed by atoms with Crippen molar-refractivity contribution in [1.82, 2.24) is 16.1 Å². The van der Waals surface area contributed by atoms with Gasteiger partial charge in [0, 0.05) is 5.70 Å². The Morgan fingerprint density at radius 2 is 1.91 bits per heavy atom. The summed E-state index contributed by atoms with van der Waals surface area (Å²) in [7, 11) is 1.27. The smallest absolute Gasteiger partial charge is 0.337 e. The summed E-state index contributed by atoms with van der Waals surface area (Å²) in [5, 5.41) is 19.8. The molecule has 0 aromatic heterocycles. The molecular formula is C31H32BrFN4O7. The molecule has 0 radical (unpaired) electrons. The van der Waals surface area contributed by atoms with Gasteiger partial charge in [0.1, 0.15) is 24.8 Å². The molecule has 11 nitrogen and oxygen atoms in total. The quantitative estimate of drug-likeness (QED) is 0.0889. The predicted molar refractivity (Wildman–Crippen MR) is 164 cm³/mol. The molecule has 3 aromatic rings. The van der Waals surface area contributed by atoms with Crippen LogP contribution in [0.4, 0.5) is 9.18 Å². The Balaban J connectivity index is 1.34. The van der Waals surface area contributed by atoms with Crippen LogP contribution in [0.25, 0.3) is 0 Å². The molecule has 1 aliphatic rings. The van der Waals surface area contributed by atoms with Gasteiger partial charge in [0.2, 0.25) is 0 Å². The fraction of sp³-hybridized carbons (Fsp3) is 0.258. The maximum absolute atomic E-state index is 13.4. The molecule has 0 aliphatic carbocycles. The molecule has 13 heteroatoms. The van der Waals surface area contributed by atoms with Gasteiger partial charge >= 0.3 is 12.0 Å². The van der Waals surface area contributed by atoms with Crippen molar-refractivity contribution in [2.45, 2.75) is 32.7 Å². The lowest BCUT2D eigenvalue weighted by atomic mass is 9.95. The average Bonchev–Trinajstić information content (AvgIpc) is 2.99. The SMILES string of the molecule is CCOc1cc([C@@H]2NC(=O)NC(C)=C2C(=O)OC)ccc1OC[C@H](O)N/N=C\c1ccc(OCc2cccc(F)c2)c(Br)c1. The Hall–Kier alpha value is -4.62. The Morgan fingerprint density at radius 1 is 1.11 bits per heavy atom. The largest absolute Gasteiger partial charge is 0.490 e. The number of halogens is 2. The molecule has 0 unspecified atom stereocenters. The van der Waals surface area contributed by atoms with E-state index in [1.165, 1.54) is 25.5 Å². The third-order valence-electron chi connectivity index (χ3n) is 6.35. The number of aliphatic hydroxyl groups is 1. The first-order valence-electron chi connectivity index (χ1n) is 13.6. The van der Waals surface area contributed by atoms with E-state index in [-0.39, 0.29) is 24.6 Å². The van der Waals surface area contributed by atoms with Gasteiger partial charge in [-0.05, 0) is 88.9 Å². The zero-order chi connectivity index (χ0) is 31.6. The fourth-order valence-corrected chi connectivity index (χ4v) is 4.83. The maximum atomic E-state index is 13.4. The van der Waals surface area contributed by atoms with E-state index in [0.717, 1.165) is 5.56 Å². The molecule has 1 heterocycles. The van der Waals surface area contributed by atoms with Crippen molar-refractivity contribution in [3.8, 4) is 17.2 Å². The molecule has 1 aliphatic heterocycles. The van der Waals surface area contributed by atoms with Crippen molar-refractivity contribution in [2.24, 2.45) is 5.10 Å². The first kappa shape index (κ1) is 32.3. The van der Waals surface area contributed by atoms with Crippen molar-refractivity contribution < 1.29 is 38.0 Å². The van der Waals surface area contributed by atoms with E-state index in [0.29, 0.717) is 45.2 Å². The number of methoxy groups -OCH3 is 1. The highest BCUT2D eigenvalue weighted by atomic mass is 79.9. The van der Waals surface area contributed by atoms with E-state index >= 15 is 0 Å². The number of carbonyl (C=O) groups is 2. The number of esters is 1. The minimum Gasteiger partial charge on any atom is -0.490 e. The monoisotopic (exact) mass is 670 g/mol. The number of hydrogen-bond acceptors (Lipinski definition) is 9. The highest BCUT2D eigenvalue weighted by molar-refractivity contribution is 9.10. The normalized spacial score (nSPS) is 15.3. The Bertz CT molecular complexity index is 1570. The lowest BCUT2D eigenvalue weighted by Gasteiger charge is -2.28. The van der Waals surface area contributed by atoms with Gasteiger partial charge in [-0.25, -0.2) is 14.0 Å². The van der Waals surface area contributed by atoms with Gasteiger partial charge in [-0.1, -0.05) is 18.2 Å². The topological polar surface area (TPSA) is 140 Å². The second kappa shape index (κ2) is 15.2. The average molecular weight is 672 g/mol. The van der Waals surface area contributed by atoms with Gasteiger partial charge < -0.3 is 34.7 Å². The molecule has 3 aromatic carbocycles. The number of nitrogens with zero attached hydrogens (tertiary/aromatic N) is 1. The summed E-state index contributed by atoms with van der Waals surface area (Å²) in [5.74, 6) is 0.389. The number of rotatable bonds is 13. The number of benzene rings is 3. The molecular weight excluding hydrogens is 639 g/mol. The van der Waals surface area contributed by atoms with Crippen LogP contribution in [0.1, 0.15) is 36.6 Å². The van der Waals surface area contributed by atoms with Crippen LogP contribution in [-0.4, -0.2) is 49.9 Å². The lowest BCUT2D eigenvalue weighted by Crippen LogP contribution is -2.45. The number of ether oxygens (including phenoxy) is 4. The van der Waals surface area contributed by atoms with E-state index in [9.17, 15) is 19.1 Å². The van der Waals surface area contributed by atoms with Crippen LogP contribution in [0.3, 0.4) is 0 Å². The summed E-state index contributed by atoms with van der Waals surface area (Å²) >= 11 is 3.46. The van der Waals surface area contributed by atoms with Crippen LogP contribution in [0.5, 0.6) is 17.2 Å². The second-order valence-electron chi connectivity index (χ2n) is 9.52. The summed E-state index contributed by atoms with van der Waals surface area (Å²) < 4.78 is 36.2. The number of hydrazone groups is 1. The molecule has 0 saturated heterocycles. The van der Waals surface area contributed by atoms with E-state index in [4.69, 9.17) is 18.9 Å². The van der Waals surface area contributed by atoms with Gasteiger partial charge in [-0.2, -0.15) is 5.10 Å². The number of hydrogen-bond donors (Lipinski definition) is 4. The zero-order valence-electron chi connectivity index (χ0n) is 24.2. The van der Waals surface area contributed by atoms with Crippen LogP contribution in [0.2, 0.25) is 0 Å². The fourth-order valence-electron chi connectivity index (χ4n) is 4.32. The molecule has 0 fully saturated rings. The van der Waals surface area contributed by atoms with Crippen LogP contribution >= 0.6 is 15.9 Å². The molecule has 2 amide bonds. The molecule has 0 bridgehead atoms. The Labute approximate surface area is 262 Å². The van der Waals surface area contributed by atoms with Crippen LogP contribution in [-0.2, 0) is 16.1 Å². The van der Waals surface area contributed by atoms with E-state index in [1.807, 2.05) is 0 Å². The van der Waals surface area contributed by atoms with Gasteiger partial charge in [-0.15, -0.1) is 0 Å². The van der Waals surface area contributed by atoms with E-state index in [2.05, 4.69) is 37.1 Å². The third kappa shape index (κ3) is 8.48. The minimum atomic E-state index is -1.15. The van der Waals surface area contributed by atoms with Gasteiger partial charge in [0.05, 0.1) is 36.0 Å². The lowest BCUT2D eigenvalue weighted by molar-refractivity contribution is -0.136. The minimum absolute atomic E-state index is 0.163. The summed E-state index contributed by atoms with van der Waals surface area (Å²) in [5.41, 5.74) is 5.27.